The Hall–Kier alpha value is -5.17. The van der Waals surface area contributed by atoms with Crippen molar-refractivity contribution in [3.8, 4) is 5.75 Å². The van der Waals surface area contributed by atoms with E-state index in [-0.39, 0.29) is 29.4 Å². The number of piperidine rings is 1. The highest BCUT2D eigenvalue weighted by Gasteiger charge is 2.24. The van der Waals surface area contributed by atoms with Crippen molar-refractivity contribution in [3.63, 3.8) is 0 Å². The molecular formula is C36H48N8O5. The van der Waals surface area contributed by atoms with Gasteiger partial charge >= 0.3 is 6.09 Å². The number of carbonyl (C=O) groups excluding carboxylic acids is 3. The Labute approximate surface area is 288 Å². The number of aromatic nitrogens is 2. The van der Waals surface area contributed by atoms with Gasteiger partial charge in [-0.05, 0) is 90.2 Å². The lowest BCUT2D eigenvalue weighted by Crippen LogP contribution is -2.46. The zero-order chi connectivity index (χ0) is 35.7. The predicted octanol–water partition coefficient (Wildman–Crippen LogP) is 5.08. The van der Waals surface area contributed by atoms with Gasteiger partial charge in [-0.2, -0.15) is 0 Å². The monoisotopic (exact) mass is 672 g/mol. The number of rotatable bonds is 13. The van der Waals surface area contributed by atoms with Crippen molar-refractivity contribution in [3.05, 3.63) is 72.6 Å². The third kappa shape index (κ3) is 10.4. The van der Waals surface area contributed by atoms with Gasteiger partial charge in [0.15, 0.2) is 0 Å². The quantitative estimate of drug-likeness (QED) is 0.165. The minimum atomic E-state index is -0.535. The van der Waals surface area contributed by atoms with E-state index in [1.54, 1.807) is 31.4 Å². The fourth-order valence-electron chi connectivity index (χ4n) is 5.30. The SMILES string of the molecule is C=CC(=O)Nc1cc(Nc2nccc(C(=O)c3ccc(N4CCC(NC(=O)OC(C)(C)C)CC4)cc3)n2)c(OC)cc1N(C)CCN(C)C. The van der Waals surface area contributed by atoms with Crippen LogP contribution in [0, 0.1) is 0 Å². The molecule has 1 aliphatic rings. The Morgan fingerprint density at radius 3 is 2.33 bits per heavy atom. The van der Waals surface area contributed by atoms with Crippen LogP contribution in [0.3, 0.4) is 0 Å². The van der Waals surface area contributed by atoms with Crippen LogP contribution in [0.25, 0.3) is 0 Å². The molecule has 13 nitrogen and oxygen atoms in total. The largest absolute Gasteiger partial charge is 0.494 e. The minimum Gasteiger partial charge on any atom is -0.494 e. The number of anilines is 5. The smallest absolute Gasteiger partial charge is 0.407 e. The summed E-state index contributed by atoms with van der Waals surface area (Å²) in [5, 5.41) is 8.99. The van der Waals surface area contributed by atoms with Crippen LogP contribution < -0.4 is 30.5 Å². The topological polar surface area (TPSA) is 141 Å². The van der Waals surface area contributed by atoms with Crippen molar-refractivity contribution in [1.29, 1.82) is 0 Å². The Morgan fingerprint density at radius 1 is 1.02 bits per heavy atom. The van der Waals surface area contributed by atoms with Crippen LogP contribution in [0.15, 0.2) is 61.3 Å². The first-order valence-corrected chi connectivity index (χ1v) is 16.3. The maximum Gasteiger partial charge on any atom is 0.407 e. The van der Waals surface area contributed by atoms with E-state index < -0.39 is 11.7 Å². The number of hydrogen-bond donors (Lipinski definition) is 3. The summed E-state index contributed by atoms with van der Waals surface area (Å²) in [5.74, 6) is 0.0937. The molecule has 2 heterocycles. The Bertz CT molecular complexity index is 1630. The molecule has 1 fully saturated rings. The van der Waals surface area contributed by atoms with E-state index in [1.165, 1.54) is 12.3 Å². The summed E-state index contributed by atoms with van der Waals surface area (Å²) in [5.41, 5.74) is 2.99. The van der Waals surface area contributed by atoms with Crippen LogP contribution in [-0.4, -0.2) is 98.7 Å². The lowest BCUT2D eigenvalue weighted by atomic mass is 10.0. The third-order valence-electron chi connectivity index (χ3n) is 7.90. The molecule has 2 amide bonds. The Kier molecular flexibility index (Phi) is 12.2. The number of ketones is 1. The standard InChI is InChI=1S/C36H48N8O5/c1-9-32(45)39-28-22-29(31(48-8)23-30(28)43(7)21-20-42(5)6)41-34-37-17-14-27(40-34)33(46)24-10-12-26(13-11-24)44-18-15-25(16-19-44)38-35(47)49-36(2,3)4/h9-14,17,22-23,25H,1,15-16,18-21H2,2-8H3,(H,38,47)(H,39,45)(H,37,40,41). The van der Waals surface area contributed by atoms with Gasteiger partial charge < -0.3 is 40.1 Å². The molecule has 13 heteroatoms. The second-order valence-corrected chi connectivity index (χ2v) is 13.2. The van der Waals surface area contributed by atoms with Gasteiger partial charge in [-0.3, -0.25) is 9.59 Å². The van der Waals surface area contributed by atoms with Crippen LogP contribution in [0.5, 0.6) is 5.75 Å². The Morgan fingerprint density at radius 2 is 1.71 bits per heavy atom. The van der Waals surface area contributed by atoms with E-state index >= 15 is 0 Å². The summed E-state index contributed by atoms with van der Waals surface area (Å²) < 4.78 is 11.1. The van der Waals surface area contributed by atoms with Gasteiger partial charge in [0.1, 0.15) is 17.0 Å². The molecule has 262 valence electrons. The third-order valence-corrected chi connectivity index (χ3v) is 7.90. The molecule has 0 unspecified atom stereocenters. The number of benzene rings is 2. The molecular weight excluding hydrogens is 624 g/mol. The van der Waals surface area contributed by atoms with Crippen LogP contribution in [0.2, 0.25) is 0 Å². The number of alkyl carbamates (subject to hydrolysis) is 1. The number of nitrogens with zero attached hydrogens (tertiary/aromatic N) is 5. The maximum atomic E-state index is 13.5. The van der Waals surface area contributed by atoms with Crippen molar-refractivity contribution < 1.29 is 23.9 Å². The molecule has 0 saturated carbocycles. The normalized spacial score (nSPS) is 13.4. The fraction of sp³-hybridized carbons (Fsp3) is 0.417. The van der Waals surface area contributed by atoms with Crippen molar-refractivity contribution in [2.24, 2.45) is 0 Å². The number of methoxy groups -OCH3 is 1. The summed E-state index contributed by atoms with van der Waals surface area (Å²) in [6.45, 7) is 12.2. The van der Waals surface area contributed by atoms with Gasteiger partial charge in [-0.25, -0.2) is 14.8 Å². The van der Waals surface area contributed by atoms with Gasteiger partial charge in [-0.15, -0.1) is 0 Å². The van der Waals surface area contributed by atoms with Gasteiger partial charge in [0.05, 0.1) is 24.2 Å². The van der Waals surface area contributed by atoms with Crippen LogP contribution >= 0.6 is 0 Å². The number of likely N-dealkylation sites (N-methyl/N-ethyl adjacent to an activating group) is 2. The van der Waals surface area contributed by atoms with E-state index in [1.807, 2.05) is 65.0 Å². The summed E-state index contributed by atoms with van der Waals surface area (Å²) in [6, 6.07) is 12.6. The van der Waals surface area contributed by atoms with Crippen molar-refractivity contribution >= 4 is 46.5 Å². The summed E-state index contributed by atoms with van der Waals surface area (Å²) in [4.78, 5) is 53.1. The van der Waals surface area contributed by atoms with Gasteiger partial charge in [-0.1, -0.05) is 6.58 Å². The first kappa shape index (κ1) is 36.7. The average Bonchev–Trinajstić information content (AvgIpc) is 3.06. The van der Waals surface area contributed by atoms with E-state index in [4.69, 9.17) is 9.47 Å². The molecule has 3 aromatic rings. The van der Waals surface area contributed by atoms with E-state index in [2.05, 4.69) is 42.3 Å². The first-order valence-electron chi connectivity index (χ1n) is 16.3. The number of nitrogens with one attached hydrogen (secondary N) is 3. The van der Waals surface area contributed by atoms with Crippen molar-refractivity contribution in [1.82, 2.24) is 20.2 Å². The number of hydrogen-bond acceptors (Lipinski definition) is 11. The van der Waals surface area contributed by atoms with Crippen molar-refractivity contribution in [2.75, 3.05) is 74.9 Å². The lowest BCUT2D eigenvalue weighted by Gasteiger charge is -2.34. The fourth-order valence-corrected chi connectivity index (χ4v) is 5.30. The van der Waals surface area contributed by atoms with Gasteiger partial charge in [0, 0.05) is 62.8 Å². The number of ether oxygens (including phenoxy) is 2. The highest BCUT2D eigenvalue weighted by Crippen LogP contribution is 2.38. The Balaban J connectivity index is 1.45. The molecule has 2 aromatic carbocycles. The van der Waals surface area contributed by atoms with Crippen molar-refractivity contribution in [2.45, 2.75) is 45.3 Å². The minimum absolute atomic E-state index is 0.0531. The second-order valence-electron chi connectivity index (χ2n) is 13.2. The zero-order valence-electron chi connectivity index (χ0n) is 29.5. The number of amides is 2. The van der Waals surface area contributed by atoms with E-state index in [0.29, 0.717) is 29.2 Å². The average molecular weight is 673 g/mol. The molecule has 0 aliphatic carbocycles. The highest BCUT2D eigenvalue weighted by molar-refractivity contribution is 6.08. The molecule has 1 saturated heterocycles. The van der Waals surface area contributed by atoms with Gasteiger partial charge in [0.2, 0.25) is 17.6 Å². The van der Waals surface area contributed by atoms with Crippen LogP contribution in [0.1, 0.15) is 49.7 Å². The molecule has 0 bridgehead atoms. The van der Waals surface area contributed by atoms with Crippen LogP contribution in [-0.2, 0) is 9.53 Å². The zero-order valence-corrected chi connectivity index (χ0v) is 29.5. The molecule has 0 spiro atoms. The lowest BCUT2D eigenvalue weighted by molar-refractivity contribution is -0.111. The van der Waals surface area contributed by atoms with E-state index in [0.717, 1.165) is 43.9 Å². The van der Waals surface area contributed by atoms with Crippen LogP contribution in [0.4, 0.5) is 33.5 Å². The molecule has 3 N–H and O–H groups in total. The molecule has 0 radical (unpaired) electrons. The number of carbonyl (C=O) groups is 3. The summed E-state index contributed by atoms with van der Waals surface area (Å²) in [7, 11) is 7.49. The molecule has 0 atom stereocenters. The summed E-state index contributed by atoms with van der Waals surface area (Å²) in [6.07, 6.45) is 3.91. The first-order chi connectivity index (χ1) is 23.3. The highest BCUT2D eigenvalue weighted by atomic mass is 16.6. The second kappa shape index (κ2) is 16.3. The predicted molar refractivity (Wildman–Crippen MR) is 193 cm³/mol. The summed E-state index contributed by atoms with van der Waals surface area (Å²) >= 11 is 0. The molecule has 1 aliphatic heterocycles. The van der Waals surface area contributed by atoms with Gasteiger partial charge in [0.25, 0.3) is 0 Å². The maximum absolute atomic E-state index is 13.5. The van der Waals surface area contributed by atoms with E-state index in [9.17, 15) is 14.4 Å². The molecule has 49 heavy (non-hydrogen) atoms. The molecule has 1 aromatic heterocycles. The molecule has 4 rings (SSSR count).